The number of hydrogen-bond acceptors (Lipinski definition) is 26. The van der Waals surface area contributed by atoms with Gasteiger partial charge in [-0.05, 0) is 209 Å². The van der Waals surface area contributed by atoms with Gasteiger partial charge in [-0.2, -0.15) is 65.9 Å². The third kappa shape index (κ3) is 17.7. The number of ketones is 3. The lowest BCUT2D eigenvalue weighted by atomic mass is 9.42. The van der Waals surface area contributed by atoms with E-state index in [9.17, 15) is 153 Å². The second-order valence-electron chi connectivity index (χ2n) is 39.9. The number of halogens is 15. The van der Waals surface area contributed by atoms with Crippen LogP contribution >= 0.6 is 0 Å². The molecular formula is C82H104F15O26S3-3. The Morgan fingerprint density at radius 2 is 0.992 bits per heavy atom. The number of carbonyl (C=O) groups excluding carboxylic acids is 10. The van der Waals surface area contributed by atoms with Crippen LogP contribution in [0.25, 0.3) is 0 Å². The standard InChI is InChI=1S/C32H47F5O9S.C27H35F5O8S.C23H25F5O9S/c1-16-11-12-29(5)20(13-16)14-24(44-18(3)38)27-22-9-8-21(30(22,6)25(15-23(27)29)45-19(4)39)17(2)7-10-26(40)46-28(31(33,34)35)32(36,37)47(41,42)43;1-13(4-7-21(36)40-23(26(28,29)30)27(31,32)41(37,38)39)16-5-6-17-22-18(12-20(35)25(16,17)3)24(2)9-8-15(33)10-14(24)11-19(22)34;24-22(25,26)19(23(27,28)38(32,33)34)37-18(30)14-12-4-11-13(14)17(29)35-15(11)16(12)36-20(31)21-5-8-1-9(6-21)3-10(2-8)7-21/h16-17,20-25,27-28H,7-15H2,1-6H3,(H,41,42,43);13-14,16-18,22-23H,4-12H2,1-3H3,(H,37,38,39);8-16,19H,1-7H2,(H,32,33,34)/p-3. The molecule has 714 valence electrons. The topological polar surface area (TPSA) is 407 Å². The van der Waals surface area contributed by atoms with Crippen molar-refractivity contribution in [1.29, 1.82) is 0 Å². The van der Waals surface area contributed by atoms with Crippen LogP contribution < -0.4 is 0 Å². The third-order valence-electron chi connectivity index (χ3n) is 33.0. The highest BCUT2D eigenvalue weighted by Gasteiger charge is 2.75. The first-order valence-electron chi connectivity index (χ1n) is 42.7. The van der Waals surface area contributed by atoms with Gasteiger partial charge in [0, 0.05) is 86.9 Å². The normalized spacial score (nSPS) is 39.8. The van der Waals surface area contributed by atoms with Crippen molar-refractivity contribution < 1.29 is 186 Å². The minimum atomic E-state index is -6.88. The van der Waals surface area contributed by atoms with Gasteiger partial charge in [0.05, 0.1) is 17.3 Å². The minimum Gasteiger partial charge on any atom is -0.743 e. The molecule has 0 aromatic heterocycles. The molecule has 0 amide bonds. The van der Waals surface area contributed by atoms with E-state index in [4.69, 9.17) is 18.9 Å². The molecule has 28 unspecified atom stereocenters. The Morgan fingerprint density at radius 1 is 0.516 bits per heavy atom. The van der Waals surface area contributed by atoms with Crippen molar-refractivity contribution in [3.8, 4) is 0 Å². The van der Waals surface area contributed by atoms with Gasteiger partial charge in [-0.1, -0.05) is 54.9 Å². The molecule has 0 radical (unpaired) electrons. The van der Waals surface area contributed by atoms with Crippen molar-refractivity contribution in [3.05, 3.63) is 0 Å². The van der Waals surface area contributed by atoms with Crippen LogP contribution in [0.15, 0.2) is 0 Å². The molecule has 14 saturated carbocycles. The molecule has 28 atom stereocenters. The number of fused-ring (bicyclic) bond motifs is 11. The van der Waals surface area contributed by atoms with Gasteiger partial charge >= 0.3 is 76.1 Å². The first kappa shape index (κ1) is 99.0. The zero-order valence-electron chi connectivity index (χ0n) is 70.3. The first-order chi connectivity index (χ1) is 57.6. The van der Waals surface area contributed by atoms with Gasteiger partial charge < -0.3 is 46.8 Å². The number of Topliss-reactive ketones (excluding diaryl/α,β-unsaturated/α-hetero) is 3. The third-order valence-corrected chi connectivity index (χ3v) is 35.6. The first-order valence-corrected chi connectivity index (χ1v) is 47.0. The largest absolute Gasteiger partial charge is 0.743 e. The van der Waals surface area contributed by atoms with Gasteiger partial charge in [-0.15, -0.1) is 0 Å². The molecule has 6 bridgehead atoms. The van der Waals surface area contributed by atoms with Crippen molar-refractivity contribution in [1.82, 2.24) is 0 Å². The predicted molar refractivity (Wildman–Crippen MR) is 395 cm³/mol. The lowest BCUT2D eigenvalue weighted by molar-refractivity contribution is -0.262. The van der Waals surface area contributed by atoms with E-state index in [-0.39, 0.29) is 126 Å². The summed E-state index contributed by atoms with van der Waals surface area (Å²) in [5.41, 5.74) is -2.70. The number of rotatable bonds is 22. The summed E-state index contributed by atoms with van der Waals surface area (Å²) in [5, 5.41) is -17.8. The monoisotopic (exact) mass is 1890 g/mol. The number of esters is 7. The predicted octanol–water partition coefficient (Wildman–Crippen LogP) is 13.5. The molecule has 1 heterocycles. The summed E-state index contributed by atoms with van der Waals surface area (Å²) in [5.74, 6) is -12.7. The van der Waals surface area contributed by atoms with Crippen molar-refractivity contribution in [3.63, 3.8) is 0 Å². The molecule has 15 rings (SSSR count). The number of ether oxygens (including phenoxy) is 7. The summed E-state index contributed by atoms with van der Waals surface area (Å²) >= 11 is 0. The van der Waals surface area contributed by atoms with Crippen LogP contribution in [-0.2, 0) is 111 Å². The Balaban J connectivity index is 0.000000173. The molecule has 15 aliphatic rings. The number of alkyl halides is 15. The van der Waals surface area contributed by atoms with Gasteiger partial charge in [0.2, 0.25) is 0 Å². The molecule has 44 heteroatoms. The Morgan fingerprint density at radius 3 is 1.48 bits per heavy atom. The van der Waals surface area contributed by atoms with E-state index in [1.807, 2.05) is 6.92 Å². The lowest BCUT2D eigenvalue weighted by Crippen LogP contribution is -2.63. The fraction of sp³-hybridized carbons (Fsp3) is 0.878. The summed E-state index contributed by atoms with van der Waals surface area (Å²) in [7, 11) is -20.5. The van der Waals surface area contributed by atoms with Crippen LogP contribution in [0, 0.1) is 145 Å². The molecule has 0 aromatic rings. The smallest absolute Gasteiger partial charge is 0.432 e. The summed E-state index contributed by atoms with van der Waals surface area (Å²) in [6.07, 6.45) is -22.8. The van der Waals surface area contributed by atoms with E-state index >= 15 is 0 Å². The summed E-state index contributed by atoms with van der Waals surface area (Å²) in [6.45, 7) is 16.6. The summed E-state index contributed by atoms with van der Waals surface area (Å²) in [4.78, 5) is 128. The zero-order chi connectivity index (χ0) is 94.0. The molecule has 1 saturated heterocycles. The zero-order valence-corrected chi connectivity index (χ0v) is 72.7. The average molecular weight is 1890 g/mol. The van der Waals surface area contributed by atoms with Crippen LogP contribution in [0.2, 0.25) is 0 Å². The second-order valence-corrected chi connectivity index (χ2v) is 44.3. The van der Waals surface area contributed by atoms with Crippen molar-refractivity contribution in [2.75, 3.05) is 0 Å². The quantitative estimate of drug-likeness (QED) is 0.0420. The average Bonchev–Trinajstić information content (AvgIpc) is 1.42. The number of hydrogen-bond donors (Lipinski definition) is 0. The molecule has 26 nitrogen and oxygen atoms in total. The summed E-state index contributed by atoms with van der Waals surface area (Å²) in [6, 6.07) is 0. The van der Waals surface area contributed by atoms with Gasteiger partial charge in [0.15, 0.2) is 30.4 Å². The van der Waals surface area contributed by atoms with Crippen molar-refractivity contribution >= 4 is 89.5 Å². The van der Waals surface area contributed by atoms with Gasteiger partial charge in [0.25, 0.3) is 18.3 Å². The van der Waals surface area contributed by atoms with E-state index in [0.29, 0.717) is 100 Å². The van der Waals surface area contributed by atoms with Gasteiger partial charge in [-0.25, -0.2) is 25.3 Å². The summed E-state index contributed by atoms with van der Waals surface area (Å²) < 4.78 is 335. The molecule has 126 heavy (non-hydrogen) atoms. The van der Waals surface area contributed by atoms with Crippen LogP contribution in [0.1, 0.15) is 223 Å². The molecule has 15 fully saturated rings. The Kier molecular flexibility index (Phi) is 26.6. The minimum absolute atomic E-state index is 0.0312. The van der Waals surface area contributed by atoms with E-state index in [0.717, 1.165) is 44.9 Å². The maximum atomic E-state index is 13.9. The molecule has 0 aromatic carbocycles. The van der Waals surface area contributed by atoms with E-state index < -0.39 is 202 Å². The van der Waals surface area contributed by atoms with Crippen LogP contribution in [0.5, 0.6) is 0 Å². The van der Waals surface area contributed by atoms with Crippen molar-refractivity contribution in [2.45, 2.75) is 300 Å². The maximum Gasteiger partial charge on any atom is 0.432 e. The Hall–Kier alpha value is -6.02. The molecule has 1 aliphatic heterocycles. The SMILES string of the molecule is CC(=O)OC1CC2CC(C)CCC2(C)C2CC(OC(C)=O)C3(C)C(C(C)CCC(=O)OC(C(F)(F)F)C(F)(F)S(=O)(=O)[O-])CCC3C12.CC(CCC(=O)OC(C(F)(F)F)C(F)(F)S(=O)(=O)[O-])C1CCC2C3C(=O)CC4CC(=O)CCC4(C)C3CC(=O)C12C.O=C1OC2C3CC(C2OC(=O)C24CC5CC(CC(C5)C2)C4)C(C(=O)OC(C(F)(F)F)C(F)(F)S(=O)(=O)[O-])C13. The molecule has 14 aliphatic carbocycles. The Bertz CT molecular complexity index is 4600. The molecule has 0 N–H and O–H groups in total. The van der Waals surface area contributed by atoms with Crippen molar-refractivity contribution in [2.24, 2.45) is 145 Å². The van der Waals surface area contributed by atoms with Crippen LogP contribution in [-0.4, -0.2) is 175 Å². The van der Waals surface area contributed by atoms with Crippen LogP contribution in [0.3, 0.4) is 0 Å². The van der Waals surface area contributed by atoms with Gasteiger partial charge in [-0.3, -0.25) is 47.9 Å². The van der Waals surface area contributed by atoms with Crippen LogP contribution in [0.4, 0.5) is 65.9 Å². The fourth-order valence-electron chi connectivity index (χ4n) is 27.5. The molecule has 0 spiro atoms. The lowest BCUT2D eigenvalue weighted by Gasteiger charge is -2.64. The Labute approximate surface area is 717 Å². The van der Waals surface area contributed by atoms with Gasteiger partial charge in [0.1, 0.15) is 41.8 Å². The molecular weight excluding hydrogens is 1780 g/mol. The van der Waals surface area contributed by atoms with E-state index in [2.05, 4.69) is 35.0 Å². The number of carbonyl (C=O) groups is 10. The highest BCUT2D eigenvalue weighted by Crippen LogP contribution is 2.72. The second kappa shape index (κ2) is 33.9. The maximum absolute atomic E-state index is 13.9. The van der Waals surface area contributed by atoms with E-state index in [1.165, 1.54) is 13.8 Å². The highest BCUT2D eigenvalue weighted by atomic mass is 32.2. The van der Waals surface area contributed by atoms with E-state index in [1.54, 1.807) is 20.8 Å². The highest BCUT2D eigenvalue weighted by molar-refractivity contribution is 7.87. The fourth-order valence-corrected chi connectivity index (χ4v) is 28.9.